The predicted octanol–water partition coefficient (Wildman–Crippen LogP) is 3.22. The van der Waals surface area contributed by atoms with Crippen molar-refractivity contribution in [2.75, 3.05) is 18.0 Å². The molecule has 1 aromatic rings. The molecule has 0 aromatic heterocycles. The van der Waals surface area contributed by atoms with Crippen LogP contribution in [0, 0.1) is 5.92 Å². The molecule has 0 spiro atoms. The Bertz CT molecular complexity index is 452. The molecule has 1 heterocycles. The summed E-state index contributed by atoms with van der Waals surface area (Å²) in [5, 5.41) is 3.79. The average Bonchev–Trinajstić information content (AvgIpc) is 3.27. The molecule has 2 fully saturated rings. The summed E-state index contributed by atoms with van der Waals surface area (Å²) in [4.78, 5) is 2.61. The van der Waals surface area contributed by atoms with Crippen LogP contribution in [0.25, 0.3) is 0 Å². The third kappa shape index (κ3) is 2.51. The van der Waals surface area contributed by atoms with Crippen LogP contribution in [0.5, 0.6) is 0 Å². The summed E-state index contributed by atoms with van der Waals surface area (Å²) in [7, 11) is 0. The van der Waals surface area contributed by atoms with Gasteiger partial charge in [-0.25, -0.2) is 0 Å². The molecule has 1 aliphatic heterocycles. The molecule has 1 N–H and O–H groups in total. The van der Waals surface area contributed by atoms with Crippen LogP contribution in [0.1, 0.15) is 39.2 Å². The Balaban J connectivity index is 1.84. The van der Waals surface area contributed by atoms with E-state index in [9.17, 15) is 0 Å². The number of hydrogen-bond donors (Lipinski definition) is 1. The summed E-state index contributed by atoms with van der Waals surface area (Å²) in [5.74, 6) is 0.886. The number of nitrogens with zero attached hydrogens (tertiary/aromatic N) is 1. The van der Waals surface area contributed by atoms with Gasteiger partial charge in [-0.1, -0.05) is 19.1 Å². The van der Waals surface area contributed by atoms with E-state index >= 15 is 0 Å². The second kappa shape index (κ2) is 4.82. The normalized spacial score (nSPS) is 31.5. The van der Waals surface area contributed by atoms with Gasteiger partial charge in [0.05, 0.1) is 0 Å². The number of piperazine rings is 1. The van der Waals surface area contributed by atoms with Gasteiger partial charge >= 0.3 is 0 Å². The molecule has 19 heavy (non-hydrogen) atoms. The Morgan fingerprint density at radius 2 is 2.16 bits per heavy atom. The molecule has 0 radical (unpaired) electrons. The molecule has 104 valence electrons. The fraction of sp³-hybridized carbons (Fsp3) is 0.647. The molecule has 1 saturated heterocycles. The largest absolute Gasteiger partial charge is 0.366 e. The molecule has 0 amide bonds. The maximum Gasteiger partial charge on any atom is 0.0387 e. The van der Waals surface area contributed by atoms with Crippen molar-refractivity contribution < 1.29 is 0 Å². The summed E-state index contributed by atoms with van der Waals surface area (Å²) in [5.41, 5.74) is 3.16. The first-order valence-corrected chi connectivity index (χ1v) is 7.73. The van der Waals surface area contributed by atoms with E-state index in [0.717, 1.165) is 25.4 Å². The number of aryl methyl sites for hydroxylation is 1. The number of rotatable bonds is 3. The van der Waals surface area contributed by atoms with Crippen LogP contribution in [-0.2, 0) is 6.42 Å². The number of nitrogens with one attached hydrogen (secondary N) is 1. The van der Waals surface area contributed by atoms with Crippen LogP contribution in [-0.4, -0.2) is 24.7 Å². The maximum atomic E-state index is 3.79. The zero-order valence-electron chi connectivity index (χ0n) is 12.4. The summed E-state index contributed by atoms with van der Waals surface area (Å²) in [6.07, 6.45) is 3.93. The topological polar surface area (TPSA) is 15.3 Å². The maximum absolute atomic E-state index is 3.79. The highest BCUT2D eigenvalue weighted by molar-refractivity contribution is 5.51. The van der Waals surface area contributed by atoms with Crippen molar-refractivity contribution in [2.24, 2.45) is 5.92 Å². The molecule has 2 aliphatic rings. The highest BCUT2D eigenvalue weighted by atomic mass is 15.3. The lowest BCUT2D eigenvalue weighted by Gasteiger charge is -2.47. The van der Waals surface area contributed by atoms with Crippen molar-refractivity contribution in [1.29, 1.82) is 0 Å². The van der Waals surface area contributed by atoms with E-state index in [-0.39, 0.29) is 0 Å². The Morgan fingerprint density at radius 1 is 1.37 bits per heavy atom. The summed E-state index contributed by atoms with van der Waals surface area (Å²) >= 11 is 0. The van der Waals surface area contributed by atoms with Crippen molar-refractivity contribution >= 4 is 5.69 Å². The van der Waals surface area contributed by atoms with Crippen LogP contribution in [0.3, 0.4) is 0 Å². The minimum atomic E-state index is 0.314. The first-order valence-electron chi connectivity index (χ1n) is 7.73. The van der Waals surface area contributed by atoms with E-state index in [1.807, 2.05) is 0 Å². The van der Waals surface area contributed by atoms with Crippen LogP contribution in [0.2, 0.25) is 0 Å². The van der Waals surface area contributed by atoms with E-state index in [2.05, 4.69) is 55.3 Å². The van der Waals surface area contributed by atoms with Crippen LogP contribution >= 0.6 is 0 Å². The van der Waals surface area contributed by atoms with Gasteiger partial charge in [0.15, 0.2) is 0 Å². The molecule has 1 saturated carbocycles. The lowest BCUT2D eigenvalue weighted by Crippen LogP contribution is -2.63. The van der Waals surface area contributed by atoms with Gasteiger partial charge in [-0.3, -0.25) is 0 Å². The fourth-order valence-corrected chi connectivity index (χ4v) is 3.35. The predicted molar refractivity (Wildman–Crippen MR) is 81.8 cm³/mol. The lowest BCUT2D eigenvalue weighted by molar-refractivity contribution is 0.261. The highest BCUT2D eigenvalue weighted by Gasteiger charge is 2.45. The van der Waals surface area contributed by atoms with Gasteiger partial charge in [-0.05, 0) is 56.7 Å². The SMILES string of the molecule is CCc1cccc(N2CC(C)(C3CC3)NCC2C)c1. The first-order chi connectivity index (χ1) is 9.12. The summed E-state index contributed by atoms with van der Waals surface area (Å²) in [6.45, 7) is 9.22. The van der Waals surface area contributed by atoms with Crippen LogP contribution in [0.15, 0.2) is 24.3 Å². The van der Waals surface area contributed by atoms with Gasteiger partial charge in [-0.2, -0.15) is 0 Å². The molecule has 2 nitrogen and oxygen atoms in total. The smallest absolute Gasteiger partial charge is 0.0387 e. The summed E-state index contributed by atoms with van der Waals surface area (Å²) < 4.78 is 0. The standard InChI is InChI=1S/C17H26N2/c1-4-14-6-5-7-16(10-14)19-12-17(3,15-8-9-15)18-11-13(19)2/h5-7,10,13,15,18H,4,8-9,11-12H2,1-3H3. The number of benzene rings is 1. The monoisotopic (exact) mass is 258 g/mol. The quantitative estimate of drug-likeness (QED) is 0.895. The Labute approximate surface area is 117 Å². The third-order valence-corrected chi connectivity index (χ3v) is 4.96. The van der Waals surface area contributed by atoms with E-state index in [0.29, 0.717) is 11.6 Å². The number of hydrogen-bond acceptors (Lipinski definition) is 2. The number of anilines is 1. The molecule has 2 unspecified atom stereocenters. The Kier molecular flexibility index (Phi) is 3.30. The van der Waals surface area contributed by atoms with E-state index < -0.39 is 0 Å². The van der Waals surface area contributed by atoms with Crippen molar-refractivity contribution in [3.05, 3.63) is 29.8 Å². The molecule has 1 aliphatic carbocycles. The van der Waals surface area contributed by atoms with Crippen LogP contribution in [0.4, 0.5) is 5.69 Å². The fourth-order valence-electron chi connectivity index (χ4n) is 3.35. The van der Waals surface area contributed by atoms with Crippen molar-refractivity contribution in [3.63, 3.8) is 0 Å². The van der Waals surface area contributed by atoms with Crippen LogP contribution < -0.4 is 10.2 Å². The van der Waals surface area contributed by atoms with E-state index in [1.165, 1.54) is 24.1 Å². The van der Waals surface area contributed by atoms with Gasteiger partial charge in [0.25, 0.3) is 0 Å². The zero-order valence-corrected chi connectivity index (χ0v) is 12.4. The van der Waals surface area contributed by atoms with E-state index in [1.54, 1.807) is 0 Å². The van der Waals surface area contributed by atoms with Crippen molar-refractivity contribution in [3.8, 4) is 0 Å². The molecule has 2 atom stereocenters. The molecular weight excluding hydrogens is 232 g/mol. The average molecular weight is 258 g/mol. The van der Waals surface area contributed by atoms with Gasteiger partial charge in [0, 0.05) is 30.4 Å². The minimum absolute atomic E-state index is 0.314. The third-order valence-electron chi connectivity index (χ3n) is 4.96. The summed E-state index contributed by atoms with van der Waals surface area (Å²) in [6, 6.07) is 9.66. The molecule has 2 heteroatoms. The van der Waals surface area contributed by atoms with Gasteiger partial charge in [0.2, 0.25) is 0 Å². The first kappa shape index (κ1) is 13.0. The molecular formula is C17H26N2. The lowest BCUT2D eigenvalue weighted by atomic mass is 9.90. The Morgan fingerprint density at radius 3 is 2.84 bits per heavy atom. The second-order valence-electron chi connectivity index (χ2n) is 6.57. The van der Waals surface area contributed by atoms with Gasteiger partial charge in [0.1, 0.15) is 0 Å². The van der Waals surface area contributed by atoms with Crippen molar-refractivity contribution in [1.82, 2.24) is 5.32 Å². The molecule has 0 bridgehead atoms. The Hall–Kier alpha value is -1.02. The molecule has 3 rings (SSSR count). The van der Waals surface area contributed by atoms with Crippen molar-refractivity contribution in [2.45, 2.75) is 51.6 Å². The van der Waals surface area contributed by atoms with Gasteiger partial charge < -0.3 is 10.2 Å². The second-order valence-corrected chi connectivity index (χ2v) is 6.57. The van der Waals surface area contributed by atoms with Gasteiger partial charge in [-0.15, -0.1) is 0 Å². The minimum Gasteiger partial charge on any atom is -0.366 e. The molecule has 1 aromatic carbocycles. The van der Waals surface area contributed by atoms with E-state index in [4.69, 9.17) is 0 Å². The highest BCUT2D eigenvalue weighted by Crippen LogP contribution is 2.42. The zero-order chi connectivity index (χ0) is 13.5.